The highest BCUT2D eigenvalue weighted by molar-refractivity contribution is 7.92. The summed E-state index contributed by atoms with van der Waals surface area (Å²) in [6.45, 7) is 2.79. The van der Waals surface area contributed by atoms with Crippen molar-refractivity contribution in [3.05, 3.63) is 54.1 Å². The number of sulfonamides is 1. The fraction of sp³-hybridized carbons (Fsp3) is 0.222. The van der Waals surface area contributed by atoms with Crippen molar-refractivity contribution in [2.75, 3.05) is 23.3 Å². The Balaban J connectivity index is 2.42. The lowest BCUT2D eigenvalue weighted by Gasteiger charge is -2.23. The molecule has 0 aromatic heterocycles. The van der Waals surface area contributed by atoms with Crippen LogP contribution in [-0.4, -0.2) is 33.9 Å². The lowest BCUT2D eigenvalue weighted by Crippen LogP contribution is -2.36. The molecule has 0 heterocycles. The average Bonchev–Trinajstić information content (AvgIpc) is 2.60. The maximum Gasteiger partial charge on any atom is 0.326 e. The number of ether oxygens (including phenoxy) is 1. The first kappa shape index (κ1) is 19.5. The van der Waals surface area contributed by atoms with E-state index in [1.54, 1.807) is 24.3 Å². The number of methoxy groups -OCH3 is 1. The number of rotatable bonds is 6. The van der Waals surface area contributed by atoms with Gasteiger partial charge in [-0.1, -0.05) is 17.7 Å². The Kier molecular flexibility index (Phi) is 5.99. The van der Waals surface area contributed by atoms with Crippen LogP contribution in [0.25, 0.3) is 0 Å². The highest BCUT2D eigenvalue weighted by Gasteiger charge is 2.27. The number of esters is 1. The average molecular weight is 376 g/mol. The molecule has 0 atom stereocenters. The van der Waals surface area contributed by atoms with Gasteiger partial charge >= 0.3 is 5.97 Å². The van der Waals surface area contributed by atoms with Crippen molar-refractivity contribution < 1.29 is 22.7 Å². The lowest BCUT2D eigenvalue weighted by molar-refractivity contribution is -0.138. The predicted molar refractivity (Wildman–Crippen MR) is 98.5 cm³/mol. The number of benzene rings is 2. The van der Waals surface area contributed by atoms with E-state index >= 15 is 0 Å². The van der Waals surface area contributed by atoms with E-state index < -0.39 is 22.5 Å². The summed E-state index contributed by atoms with van der Waals surface area (Å²) < 4.78 is 31.7. The van der Waals surface area contributed by atoms with Gasteiger partial charge in [-0.2, -0.15) is 0 Å². The third-order valence-corrected chi connectivity index (χ3v) is 5.37. The van der Waals surface area contributed by atoms with Gasteiger partial charge in [-0.05, 0) is 43.3 Å². The molecule has 0 aliphatic rings. The number of hydrogen-bond donors (Lipinski definition) is 1. The minimum Gasteiger partial charge on any atom is -0.468 e. The SMILES string of the molecule is COC(=O)CN(c1ccc(C)cc1)S(=O)(=O)c1ccc(NC(C)=O)cc1. The fourth-order valence-electron chi connectivity index (χ4n) is 2.25. The molecule has 0 bridgehead atoms. The van der Waals surface area contributed by atoms with Crippen LogP contribution in [0, 0.1) is 6.92 Å². The van der Waals surface area contributed by atoms with Crippen LogP contribution in [0.5, 0.6) is 0 Å². The minimum atomic E-state index is -4.00. The Hall–Kier alpha value is -2.87. The number of carbonyl (C=O) groups excluding carboxylic acids is 2. The lowest BCUT2D eigenvalue weighted by atomic mass is 10.2. The van der Waals surface area contributed by atoms with E-state index in [2.05, 4.69) is 10.1 Å². The molecule has 1 amide bonds. The quantitative estimate of drug-likeness (QED) is 0.781. The molecule has 0 aliphatic carbocycles. The minimum absolute atomic E-state index is 0.00363. The van der Waals surface area contributed by atoms with Crippen LogP contribution in [0.2, 0.25) is 0 Å². The number of hydrogen-bond acceptors (Lipinski definition) is 5. The van der Waals surface area contributed by atoms with E-state index in [0.717, 1.165) is 9.87 Å². The summed E-state index contributed by atoms with van der Waals surface area (Å²) in [6.07, 6.45) is 0. The Morgan fingerprint density at radius 1 is 1.04 bits per heavy atom. The Bertz CT molecular complexity index is 890. The summed E-state index contributed by atoms with van der Waals surface area (Å²) in [5, 5.41) is 2.57. The van der Waals surface area contributed by atoms with Crippen LogP contribution in [0.1, 0.15) is 12.5 Å². The number of nitrogens with zero attached hydrogens (tertiary/aromatic N) is 1. The van der Waals surface area contributed by atoms with E-state index in [4.69, 9.17) is 0 Å². The summed E-state index contributed by atoms with van der Waals surface area (Å²) >= 11 is 0. The molecule has 26 heavy (non-hydrogen) atoms. The van der Waals surface area contributed by atoms with Crippen LogP contribution >= 0.6 is 0 Å². The molecule has 1 N–H and O–H groups in total. The smallest absolute Gasteiger partial charge is 0.326 e. The second-order valence-electron chi connectivity index (χ2n) is 5.63. The van der Waals surface area contributed by atoms with Crippen LogP contribution in [0.3, 0.4) is 0 Å². The van der Waals surface area contributed by atoms with Crippen molar-refractivity contribution in [2.45, 2.75) is 18.7 Å². The normalized spacial score (nSPS) is 10.9. The number of amides is 1. The van der Waals surface area contributed by atoms with Crippen molar-refractivity contribution in [3.8, 4) is 0 Å². The molecule has 0 aliphatic heterocycles. The Labute approximate surface area is 152 Å². The zero-order valence-electron chi connectivity index (χ0n) is 14.7. The van der Waals surface area contributed by atoms with E-state index in [0.29, 0.717) is 11.4 Å². The summed E-state index contributed by atoms with van der Waals surface area (Å²) in [4.78, 5) is 22.8. The van der Waals surface area contributed by atoms with Gasteiger partial charge in [-0.25, -0.2) is 8.42 Å². The molecule has 0 saturated heterocycles. The van der Waals surface area contributed by atoms with E-state index in [1.165, 1.54) is 38.3 Å². The van der Waals surface area contributed by atoms with Crippen LogP contribution in [0.15, 0.2) is 53.4 Å². The zero-order chi connectivity index (χ0) is 19.3. The van der Waals surface area contributed by atoms with Gasteiger partial charge < -0.3 is 10.1 Å². The predicted octanol–water partition coefficient (Wildman–Crippen LogP) is 2.32. The van der Waals surface area contributed by atoms with Gasteiger partial charge in [0.2, 0.25) is 5.91 Å². The van der Waals surface area contributed by atoms with Crippen molar-refractivity contribution in [1.82, 2.24) is 0 Å². The Morgan fingerprint density at radius 3 is 2.12 bits per heavy atom. The van der Waals surface area contributed by atoms with Crippen molar-refractivity contribution in [2.24, 2.45) is 0 Å². The van der Waals surface area contributed by atoms with Gasteiger partial charge in [0.15, 0.2) is 0 Å². The first-order valence-electron chi connectivity index (χ1n) is 7.78. The van der Waals surface area contributed by atoms with Gasteiger partial charge in [-0.3, -0.25) is 13.9 Å². The molecule has 2 rings (SSSR count). The highest BCUT2D eigenvalue weighted by atomic mass is 32.2. The molecular weight excluding hydrogens is 356 g/mol. The number of carbonyl (C=O) groups is 2. The van der Waals surface area contributed by atoms with E-state index in [-0.39, 0.29) is 10.8 Å². The second kappa shape index (κ2) is 8.01. The molecule has 2 aromatic rings. The Morgan fingerprint density at radius 2 is 1.62 bits per heavy atom. The maximum absolute atomic E-state index is 13.0. The summed E-state index contributed by atoms with van der Waals surface area (Å²) in [6, 6.07) is 12.5. The molecule has 0 unspecified atom stereocenters. The first-order chi connectivity index (χ1) is 12.2. The van der Waals surface area contributed by atoms with Crippen LogP contribution in [-0.2, 0) is 24.3 Å². The van der Waals surface area contributed by atoms with E-state index in [1.807, 2.05) is 6.92 Å². The number of anilines is 2. The van der Waals surface area contributed by atoms with Crippen molar-refractivity contribution >= 4 is 33.3 Å². The molecule has 0 radical (unpaired) electrons. The van der Waals surface area contributed by atoms with Crippen molar-refractivity contribution in [1.29, 1.82) is 0 Å². The summed E-state index contributed by atoms with van der Waals surface area (Å²) in [5.41, 5.74) is 1.79. The molecule has 7 nitrogen and oxygen atoms in total. The summed E-state index contributed by atoms with van der Waals surface area (Å²) in [7, 11) is -2.80. The summed E-state index contributed by atoms with van der Waals surface area (Å²) in [5.74, 6) is -0.934. The fourth-order valence-corrected chi connectivity index (χ4v) is 3.66. The molecule has 8 heteroatoms. The maximum atomic E-state index is 13.0. The van der Waals surface area contributed by atoms with Gasteiger partial charge in [0, 0.05) is 12.6 Å². The monoisotopic (exact) mass is 376 g/mol. The first-order valence-corrected chi connectivity index (χ1v) is 9.22. The van der Waals surface area contributed by atoms with Crippen LogP contribution < -0.4 is 9.62 Å². The number of nitrogens with one attached hydrogen (secondary N) is 1. The second-order valence-corrected chi connectivity index (χ2v) is 7.49. The number of aryl methyl sites for hydroxylation is 1. The van der Waals surface area contributed by atoms with Gasteiger partial charge in [-0.15, -0.1) is 0 Å². The van der Waals surface area contributed by atoms with Crippen molar-refractivity contribution in [3.63, 3.8) is 0 Å². The van der Waals surface area contributed by atoms with Gasteiger partial charge in [0.05, 0.1) is 17.7 Å². The highest BCUT2D eigenvalue weighted by Crippen LogP contribution is 2.25. The third kappa shape index (κ3) is 4.60. The molecule has 0 saturated carbocycles. The topological polar surface area (TPSA) is 92.8 Å². The molecule has 0 fully saturated rings. The molecular formula is C18H20N2O5S. The zero-order valence-corrected chi connectivity index (χ0v) is 15.5. The standard InChI is InChI=1S/C18H20N2O5S/c1-13-4-8-16(9-5-13)20(12-18(22)25-3)26(23,24)17-10-6-15(7-11-17)19-14(2)21/h4-11H,12H2,1-3H3,(H,19,21). The molecule has 138 valence electrons. The third-order valence-electron chi connectivity index (χ3n) is 3.59. The van der Waals surface area contributed by atoms with Crippen LogP contribution in [0.4, 0.5) is 11.4 Å². The molecule has 0 spiro atoms. The van der Waals surface area contributed by atoms with Gasteiger partial charge in [0.1, 0.15) is 6.54 Å². The van der Waals surface area contributed by atoms with Gasteiger partial charge in [0.25, 0.3) is 10.0 Å². The van der Waals surface area contributed by atoms with E-state index in [9.17, 15) is 18.0 Å². The largest absolute Gasteiger partial charge is 0.468 e. The molecule has 2 aromatic carbocycles.